The Hall–Kier alpha value is -2.49. The summed E-state index contributed by atoms with van der Waals surface area (Å²) in [5.41, 5.74) is 3.54. The molecule has 0 aliphatic carbocycles. The molecule has 0 spiro atoms. The highest BCUT2D eigenvalue weighted by Crippen LogP contribution is 2.23. The van der Waals surface area contributed by atoms with Crippen LogP contribution in [0.2, 0.25) is 0 Å². The van der Waals surface area contributed by atoms with Gasteiger partial charge in [0, 0.05) is 12.5 Å². The molecule has 21 heavy (non-hydrogen) atoms. The van der Waals surface area contributed by atoms with E-state index in [2.05, 4.69) is 6.07 Å². The fourth-order valence-corrected chi connectivity index (χ4v) is 2.15. The molecule has 0 aliphatic rings. The molecule has 0 aliphatic heterocycles. The van der Waals surface area contributed by atoms with E-state index >= 15 is 0 Å². The van der Waals surface area contributed by atoms with Gasteiger partial charge in [-0.3, -0.25) is 0 Å². The van der Waals surface area contributed by atoms with Crippen molar-refractivity contribution in [2.24, 2.45) is 0 Å². The summed E-state index contributed by atoms with van der Waals surface area (Å²) in [6, 6.07) is 9.92. The Balaban J connectivity index is 1.95. The number of rotatable bonds is 4. The van der Waals surface area contributed by atoms with Gasteiger partial charge in [0.25, 0.3) is 0 Å². The number of aromatic hydroxyl groups is 2. The van der Waals surface area contributed by atoms with E-state index in [-0.39, 0.29) is 23.7 Å². The monoisotopic (exact) mass is 286 g/mol. The van der Waals surface area contributed by atoms with Crippen molar-refractivity contribution in [1.82, 2.24) is 0 Å². The first-order valence-corrected chi connectivity index (χ1v) is 6.72. The second-order valence-corrected chi connectivity index (χ2v) is 5.02. The number of carbonyl (C=O) groups is 1. The molecule has 0 aromatic heterocycles. The molecule has 2 aromatic carbocycles. The third-order valence-corrected chi connectivity index (χ3v) is 3.30. The summed E-state index contributed by atoms with van der Waals surface area (Å²) in [5, 5.41) is 18.8. The largest absolute Gasteiger partial charge is 0.508 e. The van der Waals surface area contributed by atoms with Crippen LogP contribution in [0.25, 0.3) is 0 Å². The standard InChI is InChI=1S/C17H18O4/c1-11-3-4-13(12(2)9-11)7-8-21-17(20)15-6-5-14(18)10-16(15)19/h3-6,9-10,18-19H,7-8H2,1-2H3. The zero-order valence-corrected chi connectivity index (χ0v) is 12.1. The van der Waals surface area contributed by atoms with Crippen LogP contribution < -0.4 is 0 Å². The lowest BCUT2D eigenvalue weighted by Crippen LogP contribution is -2.09. The maximum absolute atomic E-state index is 11.8. The molecule has 0 atom stereocenters. The highest BCUT2D eigenvalue weighted by atomic mass is 16.5. The number of hydrogen-bond acceptors (Lipinski definition) is 4. The van der Waals surface area contributed by atoms with E-state index in [1.807, 2.05) is 26.0 Å². The maximum Gasteiger partial charge on any atom is 0.341 e. The van der Waals surface area contributed by atoms with Crippen molar-refractivity contribution in [2.45, 2.75) is 20.3 Å². The second-order valence-electron chi connectivity index (χ2n) is 5.02. The van der Waals surface area contributed by atoms with Crippen LogP contribution in [0.1, 0.15) is 27.0 Å². The van der Waals surface area contributed by atoms with Crippen LogP contribution in [0.3, 0.4) is 0 Å². The maximum atomic E-state index is 11.8. The van der Waals surface area contributed by atoms with Crippen LogP contribution in [0.4, 0.5) is 0 Å². The minimum absolute atomic E-state index is 0.0495. The number of hydrogen-bond donors (Lipinski definition) is 2. The van der Waals surface area contributed by atoms with Gasteiger partial charge in [-0.15, -0.1) is 0 Å². The van der Waals surface area contributed by atoms with Crippen LogP contribution in [0, 0.1) is 13.8 Å². The number of ether oxygens (including phenoxy) is 1. The first-order chi connectivity index (χ1) is 9.97. The lowest BCUT2D eigenvalue weighted by molar-refractivity contribution is 0.0506. The Kier molecular flexibility index (Phi) is 4.48. The van der Waals surface area contributed by atoms with Crippen molar-refractivity contribution in [3.63, 3.8) is 0 Å². The molecule has 0 saturated carbocycles. The van der Waals surface area contributed by atoms with Gasteiger partial charge in [0.05, 0.1) is 6.61 Å². The summed E-state index contributed by atoms with van der Waals surface area (Å²) in [6.45, 7) is 4.30. The Morgan fingerprint density at radius 1 is 1.10 bits per heavy atom. The normalized spacial score (nSPS) is 10.4. The van der Waals surface area contributed by atoms with Gasteiger partial charge in [0.15, 0.2) is 0 Å². The summed E-state index contributed by atoms with van der Waals surface area (Å²) in [5.74, 6) is -0.983. The van der Waals surface area contributed by atoms with Crippen molar-refractivity contribution < 1.29 is 19.7 Å². The van der Waals surface area contributed by atoms with Crippen molar-refractivity contribution in [3.05, 3.63) is 58.7 Å². The molecular weight excluding hydrogens is 268 g/mol. The lowest BCUT2D eigenvalue weighted by atomic mass is 10.0. The molecule has 0 heterocycles. The van der Waals surface area contributed by atoms with Crippen molar-refractivity contribution in [3.8, 4) is 11.5 Å². The SMILES string of the molecule is Cc1ccc(CCOC(=O)c2ccc(O)cc2O)c(C)c1. The molecule has 0 radical (unpaired) electrons. The van der Waals surface area contributed by atoms with Crippen molar-refractivity contribution >= 4 is 5.97 Å². The van der Waals surface area contributed by atoms with Crippen molar-refractivity contribution in [1.29, 1.82) is 0 Å². The average Bonchev–Trinajstić information content (AvgIpc) is 2.41. The lowest BCUT2D eigenvalue weighted by Gasteiger charge is -2.09. The highest BCUT2D eigenvalue weighted by molar-refractivity contribution is 5.92. The number of phenolic OH excluding ortho intramolecular Hbond substituents is 2. The van der Waals surface area contributed by atoms with Gasteiger partial charge in [0.1, 0.15) is 17.1 Å². The minimum Gasteiger partial charge on any atom is -0.508 e. The molecule has 2 N–H and O–H groups in total. The van der Waals surface area contributed by atoms with E-state index in [9.17, 15) is 15.0 Å². The van der Waals surface area contributed by atoms with Gasteiger partial charge in [-0.1, -0.05) is 23.8 Å². The summed E-state index contributed by atoms with van der Waals surface area (Å²) in [6.07, 6.45) is 0.622. The first-order valence-electron chi connectivity index (χ1n) is 6.72. The molecule has 0 bridgehead atoms. The number of carbonyl (C=O) groups excluding carboxylic acids is 1. The van der Waals surface area contributed by atoms with Gasteiger partial charge in [-0.05, 0) is 37.1 Å². The number of aryl methyl sites for hydroxylation is 2. The highest BCUT2D eigenvalue weighted by Gasteiger charge is 2.13. The number of esters is 1. The van der Waals surface area contributed by atoms with E-state index in [0.717, 1.165) is 11.6 Å². The third-order valence-electron chi connectivity index (χ3n) is 3.30. The van der Waals surface area contributed by atoms with Crippen LogP contribution in [0.15, 0.2) is 36.4 Å². The molecule has 2 aromatic rings. The third kappa shape index (κ3) is 3.75. The summed E-state index contributed by atoms with van der Waals surface area (Å²) < 4.78 is 5.16. The zero-order valence-electron chi connectivity index (χ0n) is 12.1. The van der Waals surface area contributed by atoms with E-state index in [0.29, 0.717) is 6.42 Å². The topological polar surface area (TPSA) is 66.8 Å². The van der Waals surface area contributed by atoms with E-state index in [4.69, 9.17) is 4.74 Å². The minimum atomic E-state index is -0.600. The predicted octanol–water partition coefficient (Wildman–Crippen LogP) is 3.11. The van der Waals surface area contributed by atoms with Crippen LogP contribution in [-0.4, -0.2) is 22.8 Å². The molecule has 0 saturated heterocycles. The molecule has 4 nitrogen and oxygen atoms in total. The molecule has 110 valence electrons. The number of phenols is 2. The van der Waals surface area contributed by atoms with Gasteiger partial charge < -0.3 is 14.9 Å². The molecule has 4 heteroatoms. The van der Waals surface area contributed by atoms with Crippen molar-refractivity contribution in [2.75, 3.05) is 6.61 Å². The summed E-state index contributed by atoms with van der Waals surface area (Å²) in [4.78, 5) is 11.8. The van der Waals surface area contributed by atoms with Gasteiger partial charge >= 0.3 is 5.97 Å². The smallest absolute Gasteiger partial charge is 0.341 e. The first kappa shape index (κ1) is 14.9. The fraction of sp³-hybridized carbons (Fsp3) is 0.235. The summed E-state index contributed by atoms with van der Waals surface area (Å²) in [7, 11) is 0. The Labute approximate surface area is 123 Å². The molecule has 0 fully saturated rings. The van der Waals surface area contributed by atoms with Gasteiger partial charge in [-0.25, -0.2) is 4.79 Å². The molecule has 2 rings (SSSR count). The van der Waals surface area contributed by atoms with Gasteiger partial charge in [-0.2, -0.15) is 0 Å². The Bertz CT molecular complexity index is 662. The second kappa shape index (κ2) is 6.31. The average molecular weight is 286 g/mol. The quantitative estimate of drug-likeness (QED) is 0.847. The van der Waals surface area contributed by atoms with Crippen LogP contribution in [-0.2, 0) is 11.2 Å². The zero-order chi connectivity index (χ0) is 15.4. The van der Waals surface area contributed by atoms with E-state index in [1.54, 1.807) is 0 Å². The van der Waals surface area contributed by atoms with Crippen LogP contribution >= 0.6 is 0 Å². The molecular formula is C17H18O4. The van der Waals surface area contributed by atoms with E-state index < -0.39 is 5.97 Å². The molecule has 0 unspecified atom stereocenters. The molecule has 0 amide bonds. The summed E-state index contributed by atoms with van der Waals surface area (Å²) >= 11 is 0. The Morgan fingerprint density at radius 2 is 1.86 bits per heavy atom. The number of benzene rings is 2. The fourth-order valence-electron chi connectivity index (χ4n) is 2.15. The van der Waals surface area contributed by atoms with Gasteiger partial charge in [0.2, 0.25) is 0 Å². The Morgan fingerprint density at radius 3 is 2.52 bits per heavy atom. The van der Waals surface area contributed by atoms with E-state index in [1.165, 1.54) is 23.3 Å². The van der Waals surface area contributed by atoms with Crippen LogP contribution in [0.5, 0.6) is 11.5 Å². The predicted molar refractivity (Wildman–Crippen MR) is 79.7 cm³/mol.